The highest BCUT2D eigenvalue weighted by Gasteiger charge is 2.30. The predicted molar refractivity (Wildman–Crippen MR) is 74.7 cm³/mol. The summed E-state index contributed by atoms with van der Waals surface area (Å²) in [7, 11) is 4.27. The van der Waals surface area contributed by atoms with Crippen LogP contribution >= 0.6 is 11.3 Å². The summed E-state index contributed by atoms with van der Waals surface area (Å²) in [5.41, 5.74) is 5.45. The van der Waals surface area contributed by atoms with Gasteiger partial charge in [0.2, 0.25) is 0 Å². The molecule has 10 heteroatoms. The highest BCUT2D eigenvalue weighted by Crippen LogP contribution is 2.36. The number of hydrogen-bond acceptors (Lipinski definition) is 5. The first-order valence-corrected chi connectivity index (χ1v) is 6.56. The van der Waals surface area contributed by atoms with E-state index in [4.69, 9.17) is 5.73 Å². The number of hydrogen-bond donors (Lipinski definition) is 3. The summed E-state index contributed by atoms with van der Waals surface area (Å²) < 4.78 is 36.9. The molecule has 0 aliphatic rings. The molecular formula is C11H15F3N4O2S. The van der Waals surface area contributed by atoms with Crippen molar-refractivity contribution in [3.8, 4) is 0 Å². The molecule has 0 saturated carbocycles. The van der Waals surface area contributed by atoms with E-state index in [2.05, 4.69) is 10.6 Å². The maximum absolute atomic E-state index is 12.3. The number of carbonyl (C=O) groups excluding carboxylic acids is 2. The molecule has 0 aromatic carbocycles. The van der Waals surface area contributed by atoms with Crippen LogP contribution in [0.5, 0.6) is 0 Å². The topological polar surface area (TPSA) is 87.5 Å². The van der Waals surface area contributed by atoms with Crippen molar-refractivity contribution in [2.75, 3.05) is 38.7 Å². The number of anilines is 2. The van der Waals surface area contributed by atoms with Gasteiger partial charge in [-0.2, -0.15) is 13.2 Å². The van der Waals surface area contributed by atoms with Crippen LogP contribution in [0.1, 0.15) is 20.0 Å². The third-order valence-corrected chi connectivity index (χ3v) is 3.60. The van der Waals surface area contributed by atoms with Gasteiger partial charge < -0.3 is 21.3 Å². The molecule has 2 amide bonds. The van der Waals surface area contributed by atoms with Gasteiger partial charge >= 0.3 is 6.18 Å². The Labute approximate surface area is 123 Å². The Hall–Kier alpha value is -1.97. The minimum absolute atomic E-state index is 0.0169. The van der Waals surface area contributed by atoms with E-state index in [0.717, 1.165) is 11.3 Å². The normalized spacial score (nSPS) is 11.1. The largest absolute Gasteiger partial charge is 0.405 e. The maximum atomic E-state index is 12.3. The summed E-state index contributed by atoms with van der Waals surface area (Å²) in [6.45, 7) is -1.33. The number of thiophene rings is 1. The van der Waals surface area contributed by atoms with Crippen LogP contribution in [0.15, 0.2) is 0 Å². The monoisotopic (exact) mass is 324 g/mol. The molecule has 0 saturated heterocycles. The molecule has 1 heterocycles. The van der Waals surface area contributed by atoms with Gasteiger partial charge in [0.25, 0.3) is 11.8 Å². The Morgan fingerprint density at radius 2 is 1.90 bits per heavy atom. The molecule has 6 nitrogen and oxygen atoms in total. The number of nitrogens with one attached hydrogen (secondary N) is 2. The highest BCUT2D eigenvalue weighted by atomic mass is 32.1. The number of carbonyl (C=O) groups is 2. The Bertz CT molecular complexity index is 554. The SMILES string of the molecule is CNC(=O)c1c(NCC(F)(F)F)sc(C(=O)N(C)C)c1N. The molecule has 0 aliphatic carbocycles. The van der Waals surface area contributed by atoms with Gasteiger partial charge in [-0.05, 0) is 0 Å². The van der Waals surface area contributed by atoms with Gasteiger partial charge in [0.1, 0.15) is 16.4 Å². The van der Waals surface area contributed by atoms with E-state index in [1.165, 1.54) is 26.0 Å². The first-order valence-electron chi connectivity index (χ1n) is 5.75. The van der Waals surface area contributed by atoms with Gasteiger partial charge in [-0.1, -0.05) is 0 Å². The van der Waals surface area contributed by atoms with Crippen molar-refractivity contribution in [1.29, 1.82) is 0 Å². The lowest BCUT2D eigenvalue weighted by Crippen LogP contribution is -2.24. The fraction of sp³-hybridized carbons (Fsp3) is 0.455. The van der Waals surface area contributed by atoms with Crippen molar-refractivity contribution in [1.82, 2.24) is 10.2 Å². The molecule has 0 atom stereocenters. The molecule has 0 spiro atoms. The third-order valence-electron chi connectivity index (χ3n) is 2.45. The standard InChI is InChI=1S/C11H15F3N4O2S/c1-16-8(19)5-6(15)7(10(20)18(2)3)21-9(5)17-4-11(12,13)14/h17H,4,15H2,1-3H3,(H,16,19). The molecule has 0 radical (unpaired) electrons. The Morgan fingerprint density at radius 3 is 2.33 bits per heavy atom. The van der Waals surface area contributed by atoms with Crippen LogP contribution in [0.2, 0.25) is 0 Å². The van der Waals surface area contributed by atoms with Crippen LogP contribution in [-0.2, 0) is 0 Å². The van der Waals surface area contributed by atoms with Gasteiger partial charge in [-0.3, -0.25) is 9.59 Å². The second-order valence-electron chi connectivity index (χ2n) is 4.30. The van der Waals surface area contributed by atoms with Crippen molar-refractivity contribution < 1.29 is 22.8 Å². The molecule has 4 N–H and O–H groups in total. The molecule has 21 heavy (non-hydrogen) atoms. The first kappa shape index (κ1) is 17.1. The first-order chi connectivity index (χ1) is 9.58. The molecule has 0 bridgehead atoms. The molecule has 0 aliphatic heterocycles. The molecule has 0 fully saturated rings. The molecular weight excluding hydrogens is 309 g/mol. The minimum atomic E-state index is -4.45. The zero-order valence-corrected chi connectivity index (χ0v) is 12.4. The van der Waals surface area contributed by atoms with Gasteiger partial charge in [-0.15, -0.1) is 11.3 Å². The van der Waals surface area contributed by atoms with Crippen molar-refractivity contribution in [3.05, 3.63) is 10.4 Å². The molecule has 1 aromatic heterocycles. The summed E-state index contributed by atoms with van der Waals surface area (Å²) in [5.74, 6) is -1.14. The number of amides is 2. The number of halogens is 3. The Morgan fingerprint density at radius 1 is 1.33 bits per heavy atom. The van der Waals surface area contributed by atoms with E-state index in [1.54, 1.807) is 0 Å². The lowest BCUT2D eigenvalue weighted by Gasteiger charge is -2.09. The summed E-state index contributed by atoms with van der Waals surface area (Å²) in [5, 5.41) is 4.30. The van der Waals surface area contributed by atoms with Crippen molar-refractivity contribution in [3.63, 3.8) is 0 Å². The number of nitrogens with zero attached hydrogens (tertiary/aromatic N) is 1. The van der Waals surface area contributed by atoms with Crippen molar-refractivity contribution >= 4 is 33.8 Å². The third kappa shape index (κ3) is 4.00. The van der Waals surface area contributed by atoms with Gasteiger partial charge in [0.15, 0.2) is 0 Å². The minimum Gasteiger partial charge on any atom is -0.397 e. The Balaban J connectivity index is 3.25. The van der Waals surface area contributed by atoms with Crippen LogP contribution < -0.4 is 16.4 Å². The summed E-state index contributed by atoms with van der Waals surface area (Å²) in [6.07, 6.45) is -4.45. The fourth-order valence-electron chi connectivity index (χ4n) is 1.46. The van der Waals surface area contributed by atoms with E-state index in [-0.39, 0.29) is 21.1 Å². The van der Waals surface area contributed by atoms with E-state index in [1.807, 2.05) is 0 Å². The molecule has 118 valence electrons. The van der Waals surface area contributed by atoms with Gasteiger partial charge in [0.05, 0.1) is 11.3 Å². The van der Waals surface area contributed by atoms with E-state index in [0.29, 0.717) is 0 Å². The van der Waals surface area contributed by atoms with E-state index < -0.39 is 24.5 Å². The van der Waals surface area contributed by atoms with Crippen LogP contribution in [0.25, 0.3) is 0 Å². The number of rotatable bonds is 4. The zero-order valence-electron chi connectivity index (χ0n) is 11.6. The molecule has 0 unspecified atom stereocenters. The summed E-state index contributed by atoms with van der Waals surface area (Å²) in [4.78, 5) is 24.9. The average molecular weight is 324 g/mol. The lowest BCUT2D eigenvalue weighted by molar-refractivity contribution is -0.115. The average Bonchev–Trinajstić information content (AvgIpc) is 2.70. The second-order valence-corrected chi connectivity index (χ2v) is 5.32. The molecule has 1 rings (SSSR count). The van der Waals surface area contributed by atoms with Gasteiger partial charge in [-0.25, -0.2) is 0 Å². The fourth-order valence-corrected chi connectivity index (χ4v) is 2.60. The number of alkyl halides is 3. The van der Waals surface area contributed by atoms with Crippen molar-refractivity contribution in [2.24, 2.45) is 0 Å². The van der Waals surface area contributed by atoms with Crippen molar-refractivity contribution in [2.45, 2.75) is 6.18 Å². The molecule has 1 aromatic rings. The van der Waals surface area contributed by atoms with Crippen LogP contribution in [0.3, 0.4) is 0 Å². The lowest BCUT2D eigenvalue weighted by atomic mass is 10.2. The number of nitrogen functional groups attached to an aromatic ring is 1. The second kappa shape index (κ2) is 6.20. The maximum Gasteiger partial charge on any atom is 0.405 e. The van der Waals surface area contributed by atoms with Crippen LogP contribution in [0.4, 0.5) is 23.9 Å². The smallest absolute Gasteiger partial charge is 0.397 e. The van der Waals surface area contributed by atoms with E-state index >= 15 is 0 Å². The van der Waals surface area contributed by atoms with E-state index in [9.17, 15) is 22.8 Å². The number of nitrogens with two attached hydrogens (primary N) is 1. The predicted octanol–water partition coefficient (Wildman–Crippen LogP) is 1.37. The summed E-state index contributed by atoms with van der Waals surface area (Å²) >= 11 is 0.719. The Kier molecular flexibility index (Phi) is 5.05. The quantitative estimate of drug-likeness (QED) is 0.780. The van der Waals surface area contributed by atoms with Gasteiger partial charge in [0, 0.05) is 21.1 Å². The summed E-state index contributed by atoms with van der Waals surface area (Å²) in [6, 6.07) is 0. The van der Waals surface area contributed by atoms with Crippen LogP contribution in [0, 0.1) is 0 Å². The highest BCUT2D eigenvalue weighted by molar-refractivity contribution is 7.19. The van der Waals surface area contributed by atoms with Crippen LogP contribution in [-0.4, -0.2) is 50.6 Å². The zero-order chi connectivity index (χ0) is 16.4.